The third kappa shape index (κ3) is 5.72. The van der Waals surface area contributed by atoms with E-state index in [-0.39, 0.29) is 28.9 Å². The molecule has 2 N–H and O–H groups in total. The number of para-hydroxylation sites is 1. The molecule has 0 fully saturated rings. The van der Waals surface area contributed by atoms with Crippen molar-refractivity contribution in [3.63, 3.8) is 0 Å². The molecule has 9 heteroatoms. The first-order valence-electron chi connectivity index (χ1n) is 10.5. The average molecular weight is 487 g/mol. The molecule has 0 aromatic heterocycles. The minimum Gasteiger partial charge on any atom is -0.483 e. The lowest BCUT2D eigenvalue weighted by Gasteiger charge is -2.26. The highest BCUT2D eigenvalue weighted by Gasteiger charge is 2.30. The van der Waals surface area contributed by atoms with Gasteiger partial charge in [-0.15, -0.1) is 11.8 Å². The van der Waals surface area contributed by atoms with Crippen molar-refractivity contribution in [1.82, 2.24) is 5.32 Å². The van der Waals surface area contributed by atoms with E-state index in [4.69, 9.17) is 4.74 Å². The Morgan fingerprint density at radius 2 is 1.76 bits per heavy atom. The number of fused-ring (bicyclic) bond motifs is 1. The first-order valence-corrected chi connectivity index (χ1v) is 11.5. The molecule has 2 amide bonds. The second-order valence-electron chi connectivity index (χ2n) is 7.61. The molecular formula is C25H21F3N2O3S. The fraction of sp³-hybridized carbons (Fsp3) is 0.200. The maximum Gasteiger partial charge on any atom is 0.416 e. The molecule has 3 aromatic rings. The van der Waals surface area contributed by atoms with Crippen LogP contribution in [0.2, 0.25) is 0 Å². The number of hydrogen-bond donors (Lipinski definition) is 2. The lowest BCUT2D eigenvalue weighted by molar-refractivity contribution is -0.137. The number of nitrogens with one attached hydrogen (secondary N) is 2. The summed E-state index contributed by atoms with van der Waals surface area (Å²) < 4.78 is 44.2. The van der Waals surface area contributed by atoms with Gasteiger partial charge < -0.3 is 15.4 Å². The summed E-state index contributed by atoms with van der Waals surface area (Å²) in [5.74, 6) is 0.113. The third-order valence-corrected chi connectivity index (χ3v) is 6.35. The van der Waals surface area contributed by atoms with Crippen molar-refractivity contribution < 1.29 is 27.5 Å². The quantitative estimate of drug-likeness (QED) is 0.470. The predicted molar refractivity (Wildman–Crippen MR) is 124 cm³/mol. The van der Waals surface area contributed by atoms with Gasteiger partial charge in [0.05, 0.1) is 17.2 Å². The van der Waals surface area contributed by atoms with E-state index in [0.717, 1.165) is 34.8 Å². The number of carbonyl (C=O) groups is 2. The van der Waals surface area contributed by atoms with E-state index >= 15 is 0 Å². The SMILES string of the molecule is O=C(COc1ccccc1C(=O)N[C@@H]1CCSc2ccccc21)Nc1cccc(C(F)(F)F)c1. The number of halogens is 3. The van der Waals surface area contributed by atoms with Crippen LogP contribution in [-0.2, 0) is 11.0 Å². The van der Waals surface area contributed by atoms with Crippen LogP contribution in [0.1, 0.15) is 33.9 Å². The van der Waals surface area contributed by atoms with Gasteiger partial charge >= 0.3 is 6.18 Å². The summed E-state index contributed by atoms with van der Waals surface area (Å²) >= 11 is 1.75. The molecule has 0 radical (unpaired) electrons. The van der Waals surface area contributed by atoms with Crippen molar-refractivity contribution in [1.29, 1.82) is 0 Å². The van der Waals surface area contributed by atoms with Crippen molar-refractivity contribution in [3.05, 3.63) is 89.5 Å². The molecule has 0 aliphatic carbocycles. The van der Waals surface area contributed by atoms with Crippen LogP contribution in [0.5, 0.6) is 5.75 Å². The van der Waals surface area contributed by atoms with Gasteiger partial charge in [0, 0.05) is 16.3 Å². The first-order chi connectivity index (χ1) is 16.3. The number of carbonyl (C=O) groups excluding carboxylic acids is 2. The first kappa shape index (κ1) is 23.7. The van der Waals surface area contributed by atoms with Crippen molar-refractivity contribution in [2.24, 2.45) is 0 Å². The fourth-order valence-electron chi connectivity index (χ4n) is 3.62. The molecule has 176 valence electrons. The highest BCUT2D eigenvalue weighted by atomic mass is 32.2. The number of benzene rings is 3. The van der Waals surface area contributed by atoms with Crippen LogP contribution >= 0.6 is 11.8 Å². The van der Waals surface area contributed by atoms with E-state index in [1.54, 1.807) is 36.0 Å². The summed E-state index contributed by atoms with van der Waals surface area (Å²) in [5.41, 5.74) is 0.468. The number of amides is 2. The molecule has 34 heavy (non-hydrogen) atoms. The van der Waals surface area contributed by atoms with E-state index in [2.05, 4.69) is 10.6 Å². The zero-order valence-corrected chi connectivity index (χ0v) is 18.7. The molecule has 0 saturated carbocycles. The second-order valence-corrected chi connectivity index (χ2v) is 8.75. The van der Waals surface area contributed by atoms with Gasteiger partial charge in [-0.3, -0.25) is 9.59 Å². The summed E-state index contributed by atoms with van der Waals surface area (Å²) in [7, 11) is 0. The normalized spacial score (nSPS) is 15.2. The Labute approximate surface area is 198 Å². The highest BCUT2D eigenvalue weighted by molar-refractivity contribution is 7.99. The van der Waals surface area contributed by atoms with Gasteiger partial charge in [-0.1, -0.05) is 36.4 Å². The third-order valence-electron chi connectivity index (χ3n) is 5.23. The van der Waals surface area contributed by atoms with Crippen molar-refractivity contribution in [2.75, 3.05) is 17.7 Å². The Balaban J connectivity index is 1.40. The van der Waals surface area contributed by atoms with Crippen molar-refractivity contribution >= 4 is 29.3 Å². The van der Waals surface area contributed by atoms with E-state index in [0.29, 0.717) is 0 Å². The molecule has 5 nitrogen and oxygen atoms in total. The summed E-state index contributed by atoms with van der Waals surface area (Å²) in [5, 5.41) is 5.42. The number of alkyl halides is 3. The van der Waals surface area contributed by atoms with Crippen LogP contribution in [0.3, 0.4) is 0 Å². The summed E-state index contributed by atoms with van der Waals surface area (Å²) in [4.78, 5) is 26.4. The van der Waals surface area contributed by atoms with Crippen LogP contribution in [0, 0.1) is 0 Å². The number of hydrogen-bond acceptors (Lipinski definition) is 4. The van der Waals surface area contributed by atoms with Gasteiger partial charge in [0.2, 0.25) is 0 Å². The average Bonchev–Trinajstić information content (AvgIpc) is 2.83. The Morgan fingerprint density at radius 1 is 1.00 bits per heavy atom. The van der Waals surface area contributed by atoms with E-state index in [1.165, 1.54) is 12.1 Å². The Hall–Kier alpha value is -3.46. The van der Waals surface area contributed by atoms with Crippen LogP contribution in [0.15, 0.2) is 77.7 Å². The summed E-state index contributed by atoms with van der Waals surface area (Å²) in [6, 6.07) is 18.6. The zero-order chi connectivity index (χ0) is 24.1. The van der Waals surface area contributed by atoms with E-state index in [1.807, 2.05) is 24.3 Å². The molecular weight excluding hydrogens is 465 g/mol. The van der Waals surface area contributed by atoms with Gasteiger partial charge in [-0.2, -0.15) is 13.2 Å². The molecule has 1 heterocycles. The lowest BCUT2D eigenvalue weighted by Crippen LogP contribution is -2.31. The second kappa shape index (κ2) is 10.2. The van der Waals surface area contributed by atoms with Crippen LogP contribution in [-0.4, -0.2) is 24.2 Å². The lowest BCUT2D eigenvalue weighted by atomic mass is 10.0. The molecule has 0 spiro atoms. The molecule has 1 aliphatic rings. The number of thioether (sulfide) groups is 1. The highest BCUT2D eigenvalue weighted by Crippen LogP contribution is 2.36. The maximum atomic E-state index is 13.0. The fourth-order valence-corrected chi connectivity index (χ4v) is 4.75. The molecule has 0 bridgehead atoms. The summed E-state index contributed by atoms with van der Waals surface area (Å²) in [6.07, 6.45) is -3.73. The topological polar surface area (TPSA) is 67.4 Å². The van der Waals surface area contributed by atoms with Crippen LogP contribution in [0.4, 0.5) is 18.9 Å². The molecule has 4 rings (SSSR count). The Kier molecular flexibility index (Phi) is 7.12. The van der Waals surface area contributed by atoms with Gasteiger partial charge in [-0.25, -0.2) is 0 Å². The predicted octanol–water partition coefficient (Wildman–Crippen LogP) is 5.69. The van der Waals surface area contributed by atoms with Crippen molar-refractivity contribution in [2.45, 2.75) is 23.5 Å². The minimum atomic E-state index is -4.51. The number of anilines is 1. The smallest absolute Gasteiger partial charge is 0.416 e. The minimum absolute atomic E-state index is 0.00304. The zero-order valence-electron chi connectivity index (χ0n) is 17.9. The van der Waals surface area contributed by atoms with Gasteiger partial charge in [0.1, 0.15) is 5.75 Å². The van der Waals surface area contributed by atoms with Gasteiger partial charge in [-0.05, 0) is 48.4 Å². The maximum absolute atomic E-state index is 13.0. The Bertz CT molecular complexity index is 1200. The van der Waals surface area contributed by atoms with E-state index < -0.39 is 24.3 Å². The molecule has 1 aliphatic heterocycles. The van der Waals surface area contributed by atoms with Gasteiger partial charge in [0.15, 0.2) is 6.61 Å². The summed E-state index contributed by atoms with van der Waals surface area (Å²) in [6.45, 7) is -0.469. The number of ether oxygens (including phenoxy) is 1. The number of rotatable bonds is 6. The van der Waals surface area contributed by atoms with Crippen molar-refractivity contribution in [3.8, 4) is 5.75 Å². The van der Waals surface area contributed by atoms with Crippen LogP contribution in [0.25, 0.3) is 0 Å². The molecule has 0 saturated heterocycles. The molecule has 0 unspecified atom stereocenters. The van der Waals surface area contributed by atoms with Crippen LogP contribution < -0.4 is 15.4 Å². The van der Waals surface area contributed by atoms with Gasteiger partial charge in [0.25, 0.3) is 11.8 Å². The molecule has 1 atom stereocenters. The Morgan fingerprint density at radius 3 is 2.59 bits per heavy atom. The standard InChI is InChI=1S/C25H21F3N2O3S/c26-25(27,28)16-6-5-7-17(14-16)29-23(31)15-33-21-10-3-1-9-19(21)24(32)30-20-12-13-34-22-11-4-2-8-18(20)22/h1-11,14,20H,12-13,15H2,(H,29,31)(H,30,32)/t20-/m1/s1. The molecule has 3 aromatic carbocycles. The largest absolute Gasteiger partial charge is 0.483 e. The monoisotopic (exact) mass is 486 g/mol. The van der Waals surface area contributed by atoms with E-state index in [9.17, 15) is 22.8 Å².